The number of hydrogen-bond donors (Lipinski definition) is 2. The van der Waals surface area contributed by atoms with Gasteiger partial charge < -0.3 is 10.6 Å². The predicted octanol–water partition coefficient (Wildman–Crippen LogP) is 10.4. The van der Waals surface area contributed by atoms with Crippen LogP contribution in [0, 0.1) is 0 Å². The lowest BCUT2D eigenvalue weighted by Crippen LogP contribution is -1.94. The van der Waals surface area contributed by atoms with E-state index in [1.54, 1.807) is 0 Å². The Morgan fingerprint density at radius 1 is 0.316 bits per heavy atom. The zero-order valence-corrected chi connectivity index (χ0v) is 20.7. The summed E-state index contributed by atoms with van der Waals surface area (Å²) in [6.07, 6.45) is 0. The summed E-state index contributed by atoms with van der Waals surface area (Å²) in [4.78, 5) is 0. The summed E-state index contributed by atoms with van der Waals surface area (Å²) in [6, 6.07) is 47.8. The van der Waals surface area contributed by atoms with Gasteiger partial charge in [0, 0.05) is 33.5 Å². The monoisotopic (exact) mass is 484 g/mol. The molecule has 0 aliphatic rings. The SMILES string of the molecule is c1ccc(Nc2ccc3cc4c(cc5ccc(Nc6ccccc6)c6cccc4c56)c4cccc2c34)cc1. The van der Waals surface area contributed by atoms with Crippen LogP contribution in [0.25, 0.3) is 53.9 Å². The molecule has 0 heterocycles. The summed E-state index contributed by atoms with van der Waals surface area (Å²) in [6.45, 7) is 0. The van der Waals surface area contributed by atoms with Crippen LogP contribution in [0.1, 0.15) is 0 Å². The first-order chi connectivity index (χ1) is 18.8. The average molecular weight is 485 g/mol. The molecule has 0 aromatic heterocycles. The highest BCUT2D eigenvalue weighted by Crippen LogP contribution is 2.43. The van der Waals surface area contributed by atoms with E-state index < -0.39 is 0 Å². The highest BCUT2D eigenvalue weighted by molar-refractivity contribution is 6.32. The molecule has 0 radical (unpaired) electrons. The predicted molar refractivity (Wildman–Crippen MR) is 165 cm³/mol. The van der Waals surface area contributed by atoms with E-state index >= 15 is 0 Å². The first-order valence-electron chi connectivity index (χ1n) is 13.0. The van der Waals surface area contributed by atoms with Gasteiger partial charge in [-0.3, -0.25) is 0 Å². The van der Waals surface area contributed by atoms with Crippen LogP contribution in [0.5, 0.6) is 0 Å². The van der Waals surface area contributed by atoms with Crippen molar-refractivity contribution in [1.29, 1.82) is 0 Å². The van der Waals surface area contributed by atoms with E-state index in [-0.39, 0.29) is 0 Å². The maximum Gasteiger partial charge on any atom is 0.0464 e. The van der Waals surface area contributed by atoms with Crippen LogP contribution in [0.4, 0.5) is 22.7 Å². The third kappa shape index (κ3) is 3.21. The molecule has 2 heteroatoms. The highest BCUT2D eigenvalue weighted by Gasteiger charge is 2.15. The molecule has 8 aromatic carbocycles. The van der Waals surface area contributed by atoms with Crippen molar-refractivity contribution < 1.29 is 0 Å². The quantitative estimate of drug-likeness (QED) is 0.192. The smallest absolute Gasteiger partial charge is 0.0464 e. The second-order valence-electron chi connectivity index (χ2n) is 9.96. The van der Waals surface area contributed by atoms with Crippen molar-refractivity contribution in [3.05, 3.63) is 133 Å². The third-order valence-corrected chi connectivity index (χ3v) is 7.72. The molecule has 178 valence electrons. The Labute approximate surface area is 220 Å². The van der Waals surface area contributed by atoms with Crippen molar-refractivity contribution >= 4 is 76.6 Å². The minimum absolute atomic E-state index is 1.10. The Kier molecular flexibility index (Phi) is 4.55. The zero-order chi connectivity index (χ0) is 25.1. The van der Waals surface area contributed by atoms with Gasteiger partial charge in [0.2, 0.25) is 0 Å². The van der Waals surface area contributed by atoms with Gasteiger partial charge in [0.05, 0.1) is 0 Å². The van der Waals surface area contributed by atoms with E-state index in [0.717, 1.165) is 22.7 Å². The number of hydrogen-bond acceptors (Lipinski definition) is 2. The molecule has 0 fully saturated rings. The molecule has 0 saturated carbocycles. The highest BCUT2D eigenvalue weighted by atomic mass is 14.9. The number of benzene rings is 8. The molecular weight excluding hydrogens is 460 g/mol. The van der Waals surface area contributed by atoms with Gasteiger partial charge in [-0.25, -0.2) is 0 Å². The lowest BCUT2D eigenvalue weighted by atomic mass is 9.89. The molecule has 0 aliphatic carbocycles. The first kappa shape index (κ1) is 21.0. The van der Waals surface area contributed by atoms with Crippen molar-refractivity contribution in [3.63, 3.8) is 0 Å². The minimum atomic E-state index is 1.10. The summed E-state index contributed by atoms with van der Waals surface area (Å²) in [5.74, 6) is 0. The zero-order valence-electron chi connectivity index (χ0n) is 20.7. The molecule has 0 unspecified atom stereocenters. The number of para-hydroxylation sites is 2. The van der Waals surface area contributed by atoms with Crippen LogP contribution in [-0.4, -0.2) is 0 Å². The number of nitrogens with one attached hydrogen (secondary N) is 2. The van der Waals surface area contributed by atoms with Gasteiger partial charge in [0.25, 0.3) is 0 Å². The molecular formula is C36H24N2. The molecule has 8 aromatic rings. The fourth-order valence-corrected chi connectivity index (χ4v) is 6.04. The van der Waals surface area contributed by atoms with Crippen LogP contribution in [0.15, 0.2) is 133 Å². The van der Waals surface area contributed by atoms with Crippen LogP contribution in [0.3, 0.4) is 0 Å². The molecule has 8 rings (SSSR count). The molecule has 0 saturated heterocycles. The minimum Gasteiger partial charge on any atom is -0.355 e. The van der Waals surface area contributed by atoms with Crippen molar-refractivity contribution in [1.82, 2.24) is 0 Å². The number of rotatable bonds is 4. The van der Waals surface area contributed by atoms with Gasteiger partial charge in [-0.15, -0.1) is 0 Å². The van der Waals surface area contributed by atoms with E-state index in [4.69, 9.17) is 0 Å². The maximum atomic E-state index is 3.63. The Morgan fingerprint density at radius 3 is 1.18 bits per heavy atom. The van der Waals surface area contributed by atoms with Gasteiger partial charge in [-0.1, -0.05) is 84.9 Å². The van der Waals surface area contributed by atoms with Crippen LogP contribution < -0.4 is 10.6 Å². The third-order valence-electron chi connectivity index (χ3n) is 7.72. The summed E-state index contributed by atoms with van der Waals surface area (Å²) < 4.78 is 0. The number of anilines is 4. The molecule has 2 nitrogen and oxygen atoms in total. The molecule has 0 amide bonds. The van der Waals surface area contributed by atoms with E-state index in [1.807, 2.05) is 12.1 Å². The van der Waals surface area contributed by atoms with Crippen LogP contribution in [-0.2, 0) is 0 Å². The van der Waals surface area contributed by atoms with Gasteiger partial charge >= 0.3 is 0 Å². The van der Waals surface area contributed by atoms with Crippen molar-refractivity contribution in [2.45, 2.75) is 0 Å². The molecule has 38 heavy (non-hydrogen) atoms. The Balaban J connectivity index is 1.39. The van der Waals surface area contributed by atoms with Crippen molar-refractivity contribution in [3.8, 4) is 0 Å². The maximum absolute atomic E-state index is 3.63. The van der Waals surface area contributed by atoms with E-state index in [9.17, 15) is 0 Å². The Bertz CT molecular complexity index is 1960. The molecule has 0 atom stereocenters. The second-order valence-corrected chi connectivity index (χ2v) is 9.96. The number of fused-ring (bicyclic) bond motifs is 3. The standard InChI is InChI=1S/C36H24N2/c1-3-9-25(10-4-1)37-33-19-17-23-21-32-28-14-8-16-30-34(38-26-11-5-2-6-12-26)20-18-24(36(28)30)22-31(32)27-13-7-15-29(33)35(23)27/h1-22,37-38H. The molecule has 2 N–H and O–H groups in total. The second kappa shape index (κ2) is 8.22. The van der Waals surface area contributed by atoms with Gasteiger partial charge in [-0.2, -0.15) is 0 Å². The average Bonchev–Trinajstić information content (AvgIpc) is 2.97. The van der Waals surface area contributed by atoms with Gasteiger partial charge in [0.1, 0.15) is 0 Å². The molecule has 0 bridgehead atoms. The summed E-state index contributed by atoms with van der Waals surface area (Å²) in [5, 5.41) is 20.1. The van der Waals surface area contributed by atoms with Crippen LogP contribution >= 0.6 is 0 Å². The topological polar surface area (TPSA) is 24.1 Å². The fraction of sp³-hybridized carbons (Fsp3) is 0. The summed E-state index contributed by atoms with van der Waals surface area (Å²) >= 11 is 0. The van der Waals surface area contributed by atoms with E-state index in [2.05, 4.69) is 132 Å². The largest absolute Gasteiger partial charge is 0.355 e. The van der Waals surface area contributed by atoms with Crippen LogP contribution in [0.2, 0.25) is 0 Å². The van der Waals surface area contributed by atoms with Gasteiger partial charge in [0.15, 0.2) is 0 Å². The van der Waals surface area contributed by atoms with E-state index in [1.165, 1.54) is 53.9 Å². The van der Waals surface area contributed by atoms with Crippen molar-refractivity contribution in [2.24, 2.45) is 0 Å². The summed E-state index contributed by atoms with van der Waals surface area (Å²) in [7, 11) is 0. The molecule has 0 spiro atoms. The van der Waals surface area contributed by atoms with Crippen molar-refractivity contribution in [2.75, 3.05) is 10.6 Å². The van der Waals surface area contributed by atoms with Gasteiger partial charge in [-0.05, 0) is 91.6 Å². The lowest BCUT2D eigenvalue weighted by molar-refractivity contribution is 1.58. The summed E-state index contributed by atoms with van der Waals surface area (Å²) in [5.41, 5.74) is 4.45. The first-order valence-corrected chi connectivity index (χ1v) is 13.0. The van der Waals surface area contributed by atoms with E-state index in [0.29, 0.717) is 0 Å². The normalized spacial score (nSPS) is 11.7. The Morgan fingerprint density at radius 2 is 0.737 bits per heavy atom. The fourth-order valence-electron chi connectivity index (χ4n) is 6.04. The molecule has 0 aliphatic heterocycles. The Hall–Kier alpha value is -5.08. The lowest BCUT2D eigenvalue weighted by Gasteiger charge is -2.18.